The molecule has 1 N–H and O–H groups in total. The summed E-state index contributed by atoms with van der Waals surface area (Å²) in [7, 11) is 0. The van der Waals surface area contributed by atoms with Crippen molar-refractivity contribution in [1.82, 2.24) is 9.97 Å². The number of anilines is 1. The van der Waals surface area contributed by atoms with Gasteiger partial charge < -0.3 is 10.0 Å². The molecule has 0 aromatic carbocycles. The third kappa shape index (κ3) is 2.39. The number of aromatic nitrogens is 2. The van der Waals surface area contributed by atoms with Crippen LogP contribution in [0, 0.1) is 18.2 Å². The average molecular weight is 267 g/mol. The van der Waals surface area contributed by atoms with Crippen LogP contribution in [-0.4, -0.2) is 34.1 Å². The topological polar surface area (TPSA) is 66.3 Å². The number of carbonyl (C=O) groups is 1. The number of halogens is 1. The second-order valence-corrected chi connectivity index (χ2v) is 5.06. The minimum Gasteiger partial charge on any atom is -0.481 e. The summed E-state index contributed by atoms with van der Waals surface area (Å²) in [6.07, 6.45) is 3.20. The zero-order valence-electron chi connectivity index (χ0n) is 11.2. The van der Waals surface area contributed by atoms with Crippen LogP contribution in [0.3, 0.4) is 0 Å². The SMILES string of the molecule is CCC1(C(=O)O)CCCN(c2ncnc(C)c2F)C1. The van der Waals surface area contributed by atoms with E-state index in [9.17, 15) is 14.3 Å². The molecule has 19 heavy (non-hydrogen) atoms. The summed E-state index contributed by atoms with van der Waals surface area (Å²) in [5.74, 6) is -1.06. The molecule has 1 fully saturated rings. The number of hydrogen-bond acceptors (Lipinski definition) is 4. The summed E-state index contributed by atoms with van der Waals surface area (Å²) >= 11 is 0. The minimum atomic E-state index is -0.814. The van der Waals surface area contributed by atoms with E-state index in [-0.39, 0.29) is 11.5 Å². The Morgan fingerprint density at radius 1 is 1.58 bits per heavy atom. The monoisotopic (exact) mass is 267 g/mol. The highest BCUT2D eigenvalue weighted by Gasteiger charge is 2.41. The maximum atomic E-state index is 14.0. The standard InChI is InChI=1S/C13H18FN3O2/c1-3-13(12(18)19)5-4-6-17(7-13)11-10(14)9(2)15-8-16-11/h8H,3-7H2,1-2H3,(H,18,19). The Morgan fingerprint density at radius 2 is 2.32 bits per heavy atom. The molecule has 1 aliphatic heterocycles. The smallest absolute Gasteiger partial charge is 0.311 e. The average Bonchev–Trinajstić information content (AvgIpc) is 2.41. The quantitative estimate of drug-likeness (QED) is 0.907. The molecule has 1 aliphatic rings. The first kappa shape index (κ1) is 13.7. The second-order valence-electron chi connectivity index (χ2n) is 5.06. The van der Waals surface area contributed by atoms with Crippen LogP contribution >= 0.6 is 0 Å². The molecule has 5 nitrogen and oxygen atoms in total. The van der Waals surface area contributed by atoms with Gasteiger partial charge in [-0.2, -0.15) is 0 Å². The summed E-state index contributed by atoms with van der Waals surface area (Å²) in [4.78, 5) is 21.0. The molecule has 0 aliphatic carbocycles. The van der Waals surface area contributed by atoms with Gasteiger partial charge in [0.2, 0.25) is 0 Å². The summed E-state index contributed by atoms with van der Waals surface area (Å²) in [6.45, 7) is 4.36. The maximum absolute atomic E-state index is 14.0. The summed E-state index contributed by atoms with van der Waals surface area (Å²) in [5.41, 5.74) is -0.517. The van der Waals surface area contributed by atoms with Crippen molar-refractivity contribution in [2.75, 3.05) is 18.0 Å². The van der Waals surface area contributed by atoms with Crippen LogP contribution in [-0.2, 0) is 4.79 Å². The van der Waals surface area contributed by atoms with Gasteiger partial charge in [0.25, 0.3) is 0 Å². The highest BCUT2D eigenvalue weighted by atomic mass is 19.1. The first-order chi connectivity index (χ1) is 9.00. The molecule has 0 spiro atoms. The number of piperidine rings is 1. The summed E-state index contributed by atoms with van der Waals surface area (Å²) in [5, 5.41) is 9.42. The molecular formula is C13H18FN3O2. The Bertz CT molecular complexity index is 495. The van der Waals surface area contributed by atoms with Gasteiger partial charge in [0.05, 0.1) is 11.1 Å². The lowest BCUT2D eigenvalue weighted by Crippen LogP contribution is -2.48. The number of carboxylic acids is 1. The largest absolute Gasteiger partial charge is 0.481 e. The zero-order chi connectivity index (χ0) is 14.0. The van der Waals surface area contributed by atoms with Crippen LogP contribution in [0.2, 0.25) is 0 Å². The Labute approximate surface area is 111 Å². The van der Waals surface area contributed by atoms with Gasteiger partial charge in [0.15, 0.2) is 11.6 Å². The molecule has 1 atom stereocenters. The van der Waals surface area contributed by atoms with Crippen LogP contribution in [0.15, 0.2) is 6.33 Å². The number of aryl methyl sites for hydroxylation is 1. The molecule has 1 aromatic heterocycles. The van der Waals surface area contributed by atoms with Crippen molar-refractivity contribution in [2.24, 2.45) is 5.41 Å². The van der Waals surface area contributed by atoms with Gasteiger partial charge in [0, 0.05) is 13.1 Å². The molecule has 2 heterocycles. The van der Waals surface area contributed by atoms with E-state index in [1.807, 2.05) is 6.92 Å². The molecule has 1 unspecified atom stereocenters. The van der Waals surface area contributed by atoms with Crippen molar-refractivity contribution in [2.45, 2.75) is 33.1 Å². The molecular weight excluding hydrogens is 249 g/mol. The van der Waals surface area contributed by atoms with Gasteiger partial charge in [-0.3, -0.25) is 4.79 Å². The molecule has 0 bridgehead atoms. The van der Waals surface area contributed by atoms with Gasteiger partial charge in [-0.05, 0) is 26.2 Å². The lowest BCUT2D eigenvalue weighted by atomic mass is 9.77. The van der Waals surface area contributed by atoms with Crippen molar-refractivity contribution in [3.05, 3.63) is 17.8 Å². The lowest BCUT2D eigenvalue weighted by Gasteiger charge is -2.40. The number of hydrogen-bond donors (Lipinski definition) is 1. The normalized spacial score (nSPS) is 23.4. The fourth-order valence-corrected chi connectivity index (χ4v) is 2.59. The summed E-state index contributed by atoms with van der Waals surface area (Å²) < 4.78 is 14.0. The van der Waals surface area contributed by atoms with Gasteiger partial charge >= 0.3 is 5.97 Å². The highest BCUT2D eigenvalue weighted by Crippen LogP contribution is 2.35. The van der Waals surface area contributed by atoms with E-state index in [0.29, 0.717) is 25.9 Å². The van der Waals surface area contributed by atoms with Gasteiger partial charge in [-0.15, -0.1) is 0 Å². The Hall–Kier alpha value is -1.72. The molecule has 6 heteroatoms. The molecule has 2 rings (SSSR count). The van der Waals surface area contributed by atoms with E-state index in [1.54, 1.807) is 11.8 Å². The van der Waals surface area contributed by atoms with Crippen LogP contribution in [0.25, 0.3) is 0 Å². The molecule has 1 aromatic rings. The fourth-order valence-electron chi connectivity index (χ4n) is 2.59. The van der Waals surface area contributed by atoms with Crippen LogP contribution in [0.1, 0.15) is 31.9 Å². The van der Waals surface area contributed by atoms with E-state index in [0.717, 1.165) is 6.42 Å². The van der Waals surface area contributed by atoms with Gasteiger partial charge in [-0.1, -0.05) is 6.92 Å². The van der Waals surface area contributed by atoms with Crippen molar-refractivity contribution < 1.29 is 14.3 Å². The molecule has 104 valence electrons. The van der Waals surface area contributed by atoms with Crippen molar-refractivity contribution in [1.29, 1.82) is 0 Å². The number of nitrogens with zero attached hydrogens (tertiary/aromatic N) is 3. The molecule has 0 amide bonds. The third-order valence-corrected chi connectivity index (χ3v) is 3.95. The van der Waals surface area contributed by atoms with E-state index in [4.69, 9.17) is 0 Å². The molecule has 0 radical (unpaired) electrons. The minimum absolute atomic E-state index is 0.214. The molecule has 0 saturated carbocycles. The Morgan fingerprint density at radius 3 is 2.95 bits per heavy atom. The van der Waals surface area contributed by atoms with E-state index in [1.165, 1.54) is 6.33 Å². The summed E-state index contributed by atoms with van der Waals surface area (Å²) in [6, 6.07) is 0. The van der Waals surface area contributed by atoms with Crippen LogP contribution < -0.4 is 4.90 Å². The van der Waals surface area contributed by atoms with Crippen molar-refractivity contribution in [3.63, 3.8) is 0 Å². The predicted octanol–water partition coefficient (Wildman–Crippen LogP) is 2.01. The zero-order valence-corrected chi connectivity index (χ0v) is 11.2. The number of rotatable bonds is 3. The van der Waals surface area contributed by atoms with Gasteiger partial charge in [-0.25, -0.2) is 14.4 Å². The second kappa shape index (κ2) is 5.11. The van der Waals surface area contributed by atoms with E-state index >= 15 is 0 Å². The Kier molecular flexibility index (Phi) is 3.68. The number of aliphatic carboxylic acids is 1. The predicted molar refractivity (Wildman–Crippen MR) is 68.5 cm³/mol. The van der Waals surface area contributed by atoms with Crippen LogP contribution in [0.5, 0.6) is 0 Å². The fraction of sp³-hybridized carbons (Fsp3) is 0.615. The van der Waals surface area contributed by atoms with Gasteiger partial charge in [0.1, 0.15) is 6.33 Å². The number of carboxylic acid groups (broad SMARTS) is 1. The lowest BCUT2D eigenvalue weighted by molar-refractivity contribution is -0.149. The third-order valence-electron chi connectivity index (χ3n) is 3.95. The van der Waals surface area contributed by atoms with Crippen molar-refractivity contribution in [3.8, 4) is 0 Å². The molecule has 1 saturated heterocycles. The first-order valence-corrected chi connectivity index (χ1v) is 6.45. The maximum Gasteiger partial charge on any atom is 0.311 e. The van der Waals surface area contributed by atoms with E-state index in [2.05, 4.69) is 9.97 Å². The highest BCUT2D eigenvalue weighted by molar-refractivity contribution is 5.76. The van der Waals surface area contributed by atoms with Crippen LogP contribution in [0.4, 0.5) is 10.2 Å². The van der Waals surface area contributed by atoms with E-state index < -0.39 is 17.2 Å². The Balaban J connectivity index is 2.31. The first-order valence-electron chi connectivity index (χ1n) is 6.45. The van der Waals surface area contributed by atoms with Crippen molar-refractivity contribution >= 4 is 11.8 Å².